The van der Waals surface area contributed by atoms with E-state index in [1.807, 2.05) is 18.2 Å². The highest BCUT2D eigenvalue weighted by molar-refractivity contribution is 7.92. The van der Waals surface area contributed by atoms with Gasteiger partial charge in [-0.05, 0) is 103 Å². The van der Waals surface area contributed by atoms with Gasteiger partial charge in [0.2, 0.25) is 0 Å². The Morgan fingerprint density at radius 2 is 1.53 bits per heavy atom. The lowest BCUT2D eigenvalue weighted by atomic mass is 9.97. The third kappa shape index (κ3) is 9.31. The minimum Gasteiger partial charge on any atom is -0.508 e. The molecule has 1 fully saturated rings. The number of nitrogens with zero attached hydrogens (tertiary/aromatic N) is 1. The smallest absolute Gasteiger partial charge is 0.261 e. The van der Waals surface area contributed by atoms with Crippen molar-refractivity contribution >= 4 is 37.1 Å². The Balaban J connectivity index is 0.00000181. The van der Waals surface area contributed by atoms with Crippen molar-refractivity contribution in [2.45, 2.75) is 30.7 Å². The van der Waals surface area contributed by atoms with Crippen LogP contribution < -0.4 is 9.46 Å². The van der Waals surface area contributed by atoms with Crippen molar-refractivity contribution < 1.29 is 40.2 Å². The Bertz CT molecular complexity index is 1830. The third-order valence-electron chi connectivity index (χ3n) is 7.55. The zero-order valence-corrected chi connectivity index (χ0v) is 27.6. The van der Waals surface area contributed by atoms with E-state index in [0.29, 0.717) is 12.1 Å². The largest absolute Gasteiger partial charge is 0.508 e. The van der Waals surface area contributed by atoms with Gasteiger partial charge in [-0.2, -0.15) is 0 Å². The van der Waals surface area contributed by atoms with Crippen LogP contribution in [0, 0.1) is 12.8 Å². The molecule has 0 aliphatic carbocycles. The third-order valence-corrected chi connectivity index (χ3v) is 10.2. The molecule has 0 spiro atoms. The highest BCUT2D eigenvalue weighted by Crippen LogP contribution is 2.42. The number of hydrogen-bond donors (Lipinski definition) is 2. The van der Waals surface area contributed by atoms with Crippen molar-refractivity contribution in [3.63, 3.8) is 0 Å². The van der Waals surface area contributed by atoms with Crippen LogP contribution in [0.1, 0.15) is 29.5 Å². The molecule has 0 bridgehead atoms. The van der Waals surface area contributed by atoms with Gasteiger partial charge in [0.25, 0.3) is 10.0 Å². The Hall–Kier alpha value is -4.45. The fourth-order valence-corrected chi connectivity index (χ4v) is 7.81. The number of terminal acetylenes is 1. The molecule has 10 N–H and O–H groups in total. The molecule has 4 aromatic carbocycles. The number of methoxy groups -OCH3 is 1. The van der Waals surface area contributed by atoms with E-state index in [-0.39, 0.29) is 32.5 Å². The molecule has 0 amide bonds. The van der Waals surface area contributed by atoms with Gasteiger partial charge >= 0.3 is 0 Å². The number of likely N-dealkylation sites (tertiary alicyclic amines) is 1. The average Bonchev–Trinajstić information content (AvgIpc) is 3.67. The van der Waals surface area contributed by atoms with Gasteiger partial charge in [0.15, 0.2) is 0 Å². The molecular weight excluding hydrogens is 641 g/mol. The normalized spacial score (nSPS) is 12.2. The van der Waals surface area contributed by atoms with Crippen molar-refractivity contribution in [3.05, 3.63) is 108 Å². The van der Waals surface area contributed by atoms with Crippen LogP contribution in [-0.2, 0) is 23.0 Å². The molecule has 1 saturated heterocycles. The predicted molar refractivity (Wildman–Crippen MR) is 191 cm³/mol. The van der Waals surface area contributed by atoms with Gasteiger partial charge in [-0.1, -0.05) is 42.5 Å². The summed E-state index contributed by atoms with van der Waals surface area (Å²) in [6.45, 7) is 3.17. The van der Waals surface area contributed by atoms with E-state index >= 15 is 0 Å². The lowest BCUT2D eigenvalue weighted by Crippen LogP contribution is -2.18. The maximum Gasteiger partial charge on any atom is 0.261 e. The first kappa shape index (κ1) is 40.6. The number of fused-ring (bicyclic) bond motifs is 1. The van der Waals surface area contributed by atoms with E-state index in [9.17, 15) is 13.5 Å². The molecule has 0 saturated carbocycles. The number of phenols is 1. The van der Waals surface area contributed by atoms with E-state index in [1.54, 1.807) is 73.0 Å². The summed E-state index contributed by atoms with van der Waals surface area (Å²) in [6.07, 6.45) is 11.2. The number of sulfonamides is 1. The minimum absolute atomic E-state index is 0. The monoisotopic (exact) mass is 682 g/mol. The van der Waals surface area contributed by atoms with E-state index < -0.39 is 10.0 Å². The summed E-state index contributed by atoms with van der Waals surface area (Å²) in [5.74, 6) is 1.14. The first-order chi connectivity index (χ1) is 20.9. The van der Waals surface area contributed by atoms with Gasteiger partial charge in [0.05, 0.1) is 12.0 Å². The standard InChI is InChI=1S/C33H32N2O4S2.C2H2.4H2O/c1-39-31-20-23(9-10-25(31)22-35-17-5-6-18-35)19-30-29-16-15-27(36)21-32(29)40-33(30)24-11-13-26(14-12-24)34-41(37,38)28-7-3-2-4-8-28;1-2;;;;/h2-4,7-16,20-21,34,36H,5-6,17-19,22H2,1H3;1-2H;4*1H2. The van der Waals surface area contributed by atoms with Crippen LogP contribution in [0.5, 0.6) is 11.5 Å². The topological polar surface area (TPSA) is 205 Å². The van der Waals surface area contributed by atoms with E-state index in [0.717, 1.165) is 57.0 Å². The molecule has 0 unspecified atom stereocenters. The molecule has 252 valence electrons. The lowest BCUT2D eigenvalue weighted by molar-refractivity contribution is 0.321. The second-order valence-corrected chi connectivity index (χ2v) is 13.1. The van der Waals surface area contributed by atoms with Crippen LogP contribution in [0.3, 0.4) is 0 Å². The number of aromatic hydroxyl groups is 1. The van der Waals surface area contributed by atoms with Gasteiger partial charge < -0.3 is 31.7 Å². The van der Waals surface area contributed by atoms with Gasteiger partial charge in [0, 0.05) is 27.4 Å². The first-order valence-corrected chi connectivity index (χ1v) is 16.3. The van der Waals surface area contributed by atoms with Crippen molar-refractivity contribution in [2.24, 2.45) is 0 Å². The van der Waals surface area contributed by atoms with Gasteiger partial charge in [-0.15, -0.1) is 24.2 Å². The van der Waals surface area contributed by atoms with Crippen molar-refractivity contribution in [1.29, 1.82) is 0 Å². The molecule has 5 aromatic rings. The molecular formula is C35H42N2O8S2. The summed E-state index contributed by atoms with van der Waals surface area (Å²) in [7, 11) is -1.94. The van der Waals surface area contributed by atoms with Crippen LogP contribution in [0.15, 0.2) is 95.9 Å². The number of benzene rings is 4. The molecule has 0 atom stereocenters. The summed E-state index contributed by atoms with van der Waals surface area (Å²) >= 11 is 1.62. The predicted octanol–water partition coefficient (Wildman–Crippen LogP) is 4.22. The van der Waals surface area contributed by atoms with Crippen LogP contribution in [0.2, 0.25) is 0 Å². The molecule has 47 heavy (non-hydrogen) atoms. The SMILES string of the molecule is C#C.COc1cc(Cc2c(-c3ccc(NS(=O)(=O)c4ccccc4)cc3)sc3cc(O)ccc23)ccc1CN1CCCC1.O.O.O.O. The highest BCUT2D eigenvalue weighted by atomic mass is 32.2. The maximum absolute atomic E-state index is 12.8. The molecule has 1 aliphatic rings. The number of hydrogen-bond acceptors (Lipinski definition) is 6. The number of phenolic OH excluding ortho intramolecular Hbond substituents is 1. The van der Waals surface area contributed by atoms with Gasteiger partial charge in [-0.25, -0.2) is 8.42 Å². The van der Waals surface area contributed by atoms with E-state index in [4.69, 9.17) is 4.74 Å². The van der Waals surface area contributed by atoms with Crippen molar-refractivity contribution in [1.82, 2.24) is 4.90 Å². The number of anilines is 1. The average molecular weight is 683 g/mol. The Morgan fingerprint density at radius 1 is 0.872 bits per heavy atom. The zero-order valence-electron chi connectivity index (χ0n) is 26.0. The number of thiophene rings is 1. The van der Waals surface area contributed by atoms with Crippen LogP contribution >= 0.6 is 11.3 Å². The maximum atomic E-state index is 12.8. The van der Waals surface area contributed by atoms with E-state index in [2.05, 4.69) is 40.7 Å². The van der Waals surface area contributed by atoms with Gasteiger partial charge in [-0.3, -0.25) is 9.62 Å². The summed E-state index contributed by atoms with van der Waals surface area (Å²) in [5.41, 5.74) is 4.99. The van der Waals surface area contributed by atoms with Crippen LogP contribution in [-0.4, -0.2) is 60.5 Å². The summed E-state index contributed by atoms with van der Waals surface area (Å²) in [5, 5.41) is 11.3. The summed E-state index contributed by atoms with van der Waals surface area (Å²) in [4.78, 5) is 3.78. The van der Waals surface area contributed by atoms with Crippen molar-refractivity contribution in [2.75, 3.05) is 24.9 Å². The Kier molecular flexibility index (Phi) is 15.6. The Morgan fingerprint density at radius 3 is 2.17 bits per heavy atom. The summed E-state index contributed by atoms with van der Waals surface area (Å²) in [6, 6.07) is 27.8. The quantitative estimate of drug-likeness (QED) is 0.219. The second kappa shape index (κ2) is 18.0. The molecule has 6 rings (SSSR count). The molecule has 1 aliphatic heterocycles. The fraction of sp³-hybridized carbons (Fsp3) is 0.200. The van der Waals surface area contributed by atoms with Gasteiger partial charge in [0.1, 0.15) is 11.5 Å². The fourth-order valence-electron chi connectivity index (χ4n) is 5.47. The molecule has 1 aromatic heterocycles. The lowest BCUT2D eigenvalue weighted by Gasteiger charge is -2.18. The highest BCUT2D eigenvalue weighted by Gasteiger charge is 2.19. The number of ether oxygens (including phenoxy) is 1. The Labute approximate surface area is 279 Å². The molecule has 12 heteroatoms. The van der Waals surface area contributed by atoms with E-state index in [1.165, 1.54) is 18.4 Å². The number of nitrogens with one attached hydrogen (secondary N) is 1. The van der Waals surface area contributed by atoms with Crippen molar-refractivity contribution in [3.8, 4) is 34.8 Å². The minimum atomic E-state index is -3.67. The molecule has 10 nitrogen and oxygen atoms in total. The summed E-state index contributed by atoms with van der Waals surface area (Å²) < 4.78 is 35.1. The first-order valence-electron chi connectivity index (χ1n) is 14.0. The molecule has 2 heterocycles. The van der Waals surface area contributed by atoms with Crippen LogP contribution in [0.25, 0.3) is 20.5 Å². The zero-order chi connectivity index (χ0) is 30.4. The second-order valence-electron chi connectivity index (χ2n) is 10.4. The van der Waals surface area contributed by atoms with Crippen LogP contribution in [0.4, 0.5) is 5.69 Å². The molecule has 0 radical (unpaired) electrons. The number of rotatable bonds is 9.